The number of methoxy groups -OCH3 is 3. The van der Waals surface area contributed by atoms with Crippen LogP contribution in [0.3, 0.4) is 0 Å². The van der Waals surface area contributed by atoms with Crippen molar-refractivity contribution in [2.24, 2.45) is 0 Å². The van der Waals surface area contributed by atoms with Gasteiger partial charge >= 0.3 is 0 Å². The number of thiazole rings is 1. The van der Waals surface area contributed by atoms with Crippen LogP contribution in [0, 0.1) is 0 Å². The van der Waals surface area contributed by atoms with Gasteiger partial charge in [0.25, 0.3) is 11.8 Å². The van der Waals surface area contributed by atoms with Crippen LogP contribution < -0.4 is 34.9 Å². The van der Waals surface area contributed by atoms with Crippen molar-refractivity contribution in [2.45, 2.75) is 17.1 Å². The molecular weight excluding hydrogens is 761 g/mol. The zero-order valence-corrected chi connectivity index (χ0v) is 33.2. The average molecular weight is 801 g/mol. The van der Waals surface area contributed by atoms with Gasteiger partial charge in [0, 0.05) is 27.1 Å². The molecule has 3 amide bonds. The van der Waals surface area contributed by atoms with Crippen LogP contribution in [0.5, 0.6) is 23.0 Å². The van der Waals surface area contributed by atoms with Crippen LogP contribution in [0.1, 0.15) is 33.7 Å². The zero-order chi connectivity index (χ0) is 40.1. The van der Waals surface area contributed by atoms with E-state index in [0.717, 1.165) is 27.5 Å². The SMILES string of the molecule is CCOc1ccc(-c2csc(NC(=O)C(Sc3cccc(NC(=O)/C(=C\c4cc(OC)c(OC)c(OC)c4)NC(=O)c4ccccc4)c3)c3ccccc3)n2)cc1. The van der Waals surface area contributed by atoms with Crippen molar-refractivity contribution in [3.63, 3.8) is 0 Å². The third-order valence-electron chi connectivity index (χ3n) is 8.41. The Labute approximate surface area is 339 Å². The first-order chi connectivity index (χ1) is 27.8. The number of hydrogen-bond donors (Lipinski definition) is 3. The summed E-state index contributed by atoms with van der Waals surface area (Å²) in [6, 6.07) is 36.2. The van der Waals surface area contributed by atoms with Crippen molar-refractivity contribution in [2.75, 3.05) is 38.6 Å². The highest BCUT2D eigenvalue weighted by Crippen LogP contribution is 2.40. The molecule has 13 heteroatoms. The number of nitrogens with zero attached hydrogens (tertiary/aromatic N) is 1. The number of rotatable bonds is 16. The summed E-state index contributed by atoms with van der Waals surface area (Å²) in [5.74, 6) is 0.598. The maximum absolute atomic E-state index is 14.0. The number of carbonyl (C=O) groups is 3. The maximum Gasteiger partial charge on any atom is 0.272 e. The van der Waals surface area contributed by atoms with E-state index in [1.807, 2.05) is 73.0 Å². The fourth-order valence-electron chi connectivity index (χ4n) is 5.70. The fourth-order valence-corrected chi connectivity index (χ4v) is 7.51. The first kappa shape index (κ1) is 40.1. The smallest absolute Gasteiger partial charge is 0.272 e. The summed E-state index contributed by atoms with van der Waals surface area (Å²) in [5.41, 5.74) is 3.73. The molecule has 0 spiro atoms. The quantitative estimate of drug-likeness (QED) is 0.0647. The number of amides is 3. The van der Waals surface area contributed by atoms with Gasteiger partial charge in [0.15, 0.2) is 16.6 Å². The maximum atomic E-state index is 14.0. The first-order valence-corrected chi connectivity index (χ1v) is 19.5. The second-order valence-electron chi connectivity index (χ2n) is 12.2. The molecule has 11 nitrogen and oxygen atoms in total. The number of thioether (sulfide) groups is 1. The van der Waals surface area contributed by atoms with Crippen LogP contribution in [0.25, 0.3) is 17.3 Å². The molecule has 0 fully saturated rings. The number of benzene rings is 5. The topological polar surface area (TPSA) is 137 Å². The highest BCUT2D eigenvalue weighted by Gasteiger charge is 2.24. The van der Waals surface area contributed by atoms with E-state index < -0.39 is 17.1 Å². The van der Waals surface area contributed by atoms with Crippen LogP contribution in [-0.2, 0) is 9.59 Å². The summed E-state index contributed by atoms with van der Waals surface area (Å²) in [6.07, 6.45) is 1.52. The molecule has 1 heterocycles. The molecule has 3 N–H and O–H groups in total. The second kappa shape index (κ2) is 19.3. The molecule has 0 aliphatic carbocycles. The predicted octanol–water partition coefficient (Wildman–Crippen LogP) is 9.12. The van der Waals surface area contributed by atoms with Crippen molar-refractivity contribution in [1.29, 1.82) is 0 Å². The zero-order valence-electron chi connectivity index (χ0n) is 31.6. The number of aromatic nitrogens is 1. The predicted molar refractivity (Wildman–Crippen MR) is 225 cm³/mol. The van der Waals surface area contributed by atoms with Crippen LogP contribution in [0.15, 0.2) is 137 Å². The van der Waals surface area contributed by atoms with Gasteiger partial charge in [-0.25, -0.2) is 4.98 Å². The van der Waals surface area contributed by atoms with Gasteiger partial charge in [-0.2, -0.15) is 0 Å². The van der Waals surface area contributed by atoms with E-state index in [2.05, 4.69) is 20.9 Å². The Hall–Kier alpha value is -6.57. The Morgan fingerprint density at radius 2 is 1.47 bits per heavy atom. The Balaban J connectivity index is 1.23. The van der Waals surface area contributed by atoms with Gasteiger partial charge in [-0.3, -0.25) is 14.4 Å². The van der Waals surface area contributed by atoms with Gasteiger partial charge in [0.2, 0.25) is 11.7 Å². The standard InChI is InChI=1S/C44H40N4O7S2/c1-5-55-33-21-19-29(20-22-33)36-27-56-44(47-36)48-43(51)40(30-13-8-6-9-14-30)57-34-18-12-17-32(26-34)45-42(50)35(46-41(49)31-15-10-7-11-16-31)23-28-24-37(52-2)39(54-4)38(25-28)53-3/h6-27,40H,5H2,1-4H3,(H,45,50)(H,46,49)(H,47,48,51)/b35-23+. The minimum absolute atomic E-state index is 0.0363. The normalized spacial score (nSPS) is 11.5. The lowest BCUT2D eigenvalue weighted by atomic mass is 10.1. The minimum Gasteiger partial charge on any atom is -0.494 e. The van der Waals surface area contributed by atoms with E-state index in [4.69, 9.17) is 18.9 Å². The van der Waals surface area contributed by atoms with Gasteiger partial charge in [-0.15, -0.1) is 23.1 Å². The highest BCUT2D eigenvalue weighted by atomic mass is 32.2. The largest absolute Gasteiger partial charge is 0.494 e. The van der Waals surface area contributed by atoms with Gasteiger partial charge in [0.1, 0.15) is 16.7 Å². The lowest BCUT2D eigenvalue weighted by molar-refractivity contribution is -0.116. The minimum atomic E-state index is -0.657. The number of anilines is 2. The Morgan fingerprint density at radius 1 is 0.789 bits per heavy atom. The molecule has 5 aromatic carbocycles. The van der Waals surface area contributed by atoms with Crippen LogP contribution in [-0.4, -0.2) is 50.6 Å². The van der Waals surface area contributed by atoms with E-state index in [-0.39, 0.29) is 11.6 Å². The molecule has 0 aliphatic rings. The number of ether oxygens (including phenoxy) is 4. The van der Waals surface area contributed by atoms with E-state index in [1.165, 1.54) is 50.5 Å². The van der Waals surface area contributed by atoms with E-state index >= 15 is 0 Å². The molecule has 0 bridgehead atoms. The van der Waals surface area contributed by atoms with Crippen molar-refractivity contribution in [1.82, 2.24) is 10.3 Å². The van der Waals surface area contributed by atoms with E-state index in [0.29, 0.717) is 45.8 Å². The summed E-state index contributed by atoms with van der Waals surface area (Å²) in [7, 11) is 4.48. The number of hydrogen-bond acceptors (Lipinski definition) is 10. The highest BCUT2D eigenvalue weighted by molar-refractivity contribution is 8.00. The van der Waals surface area contributed by atoms with Gasteiger partial charge < -0.3 is 34.9 Å². The first-order valence-electron chi connectivity index (χ1n) is 17.8. The fraction of sp³-hybridized carbons (Fsp3) is 0.136. The molecule has 1 aromatic heterocycles. The van der Waals surface area contributed by atoms with E-state index in [9.17, 15) is 14.4 Å². The molecule has 0 saturated heterocycles. The molecule has 290 valence electrons. The number of nitrogens with one attached hydrogen (secondary N) is 3. The molecule has 1 atom stereocenters. The summed E-state index contributed by atoms with van der Waals surface area (Å²) in [4.78, 5) is 46.6. The van der Waals surface area contributed by atoms with Crippen molar-refractivity contribution in [3.05, 3.63) is 149 Å². The van der Waals surface area contributed by atoms with Gasteiger partial charge in [-0.1, -0.05) is 54.6 Å². The summed E-state index contributed by atoms with van der Waals surface area (Å²) < 4.78 is 22.0. The Bertz CT molecular complexity index is 2330. The molecule has 0 aliphatic heterocycles. The summed E-state index contributed by atoms with van der Waals surface area (Å²) in [6.45, 7) is 2.52. The lowest BCUT2D eigenvalue weighted by Crippen LogP contribution is -2.30. The molecule has 57 heavy (non-hydrogen) atoms. The Kier molecular flexibility index (Phi) is 13.6. The van der Waals surface area contributed by atoms with Crippen LogP contribution in [0.4, 0.5) is 10.8 Å². The average Bonchev–Trinajstić information content (AvgIpc) is 3.71. The van der Waals surface area contributed by atoms with E-state index in [1.54, 1.807) is 60.7 Å². The Morgan fingerprint density at radius 3 is 2.12 bits per heavy atom. The van der Waals surface area contributed by atoms with Crippen molar-refractivity contribution < 1.29 is 33.3 Å². The molecule has 0 radical (unpaired) electrons. The second-order valence-corrected chi connectivity index (χ2v) is 14.2. The molecule has 0 saturated carbocycles. The third-order valence-corrected chi connectivity index (χ3v) is 10.4. The molecular formula is C44H40N4O7S2. The molecule has 1 unspecified atom stereocenters. The van der Waals surface area contributed by atoms with Crippen LogP contribution in [0.2, 0.25) is 0 Å². The van der Waals surface area contributed by atoms with Gasteiger partial charge in [0.05, 0.1) is 33.6 Å². The lowest BCUT2D eigenvalue weighted by Gasteiger charge is -2.17. The van der Waals surface area contributed by atoms with Crippen LogP contribution >= 0.6 is 23.1 Å². The summed E-state index contributed by atoms with van der Waals surface area (Å²) >= 11 is 2.67. The molecule has 6 rings (SSSR count). The van der Waals surface area contributed by atoms with Crippen molar-refractivity contribution >= 4 is 57.7 Å². The third kappa shape index (κ3) is 10.4. The van der Waals surface area contributed by atoms with Gasteiger partial charge in [-0.05, 0) is 90.9 Å². The number of carbonyl (C=O) groups excluding carboxylic acids is 3. The van der Waals surface area contributed by atoms with Crippen molar-refractivity contribution in [3.8, 4) is 34.3 Å². The monoisotopic (exact) mass is 800 g/mol. The summed E-state index contributed by atoms with van der Waals surface area (Å²) in [5, 5.41) is 10.4. The molecule has 6 aromatic rings.